The fraction of sp³-hybridized carbons (Fsp3) is 0.368. The number of halogens is 2. The molecule has 0 spiro atoms. The zero-order valence-electron chi connectivity index (χ0n) is 15.3. The molecule has 1 aromatic carbocycles. The number of benzene rings is 1. The summed E-state index contributed by atoms with van der Waals surface area (Å²) in [7, 11) is 0. The SMILES string of the molecule is Cl.Cl.Nc1cc2c(cc1NC(=O)c1ccc(N3CCCCCC3)nc1)OCO2. The lowest BCUT2D eigenvalue weighted by molar-refractivity contribution is 0.102. The highest BCUT2D eigenvalue weighted by molar-refractivity contribution is 6.06. The van der Waals surface area contributed by atoms with Gasteiger partial charge in [0.25, 0.3) is 5.91 Å². The Bertz CT molecular complexity index is 810. The minimum atomic E-state index is -0.259. The second-order valence-corrected chi connectivity index (χ2v) is 6.55. The molecule has 2 aromatic rings. The normalized spacial score (nSPS) is 15.1. The molecule has 152 valence electrons. The van der Waals surface area contributed by atoms with Gasteiger partial charge < -0.3 is 25.4 Å². The van der Waals surface area contributed by atoms with Gasteiger partial charge in [-0.05, 0) is 25.0 Å². The first-order chi connectivity index (χ1) is 12.7. The number of nitrogens with two attached hydrogens (primary N) is 1. The Morgan fingerprint density at radius 2 is 1.71 bits per heavy atom. The summed E-state index contributed by atoms with van der Waals surface area (Å²) in [5.41, 5.74) is 7.39. The maximum absolute atomic E-state index is 12.5. The van der Waals surface area contributed by atoms with Crippen molar-refractivity contribution in [2.24, 2.45) is 0 Å². The Labute approximate surface area is 176 Å². The molecule has 7 nitrogen and oxygen atoms in total. The van der Waals surface area contributed by atoms with Gasteiger partial charge in [0.2, 0.25) is 6.79 Å². The van der Waals surface area contributed by atoms with Gasteiger partial charge in [-0.15, -0.1) is 24.8 Å². The van der Waals surface area contributed by atoms with Crippen LogP contribution in [-0.4, -0.2) is 30.8 Å². The molecule has 28 heavy (non-hydrogen) atoms. The first kappa shape index (κ1) is 21.9. The van der Waals surface area contributed by atoms with Crippen molar-refractivity contribution >= 4 is 47.9 Å². The Hall–Kier alpha value is -2.38. The van der Waals surface area contributed by atoms with Gasteiger partial charge in [-0.2, -0.15) is 0 Å². The smallest absolute Gasteiger partial charge is 0.257 e. The van der Waals surface area contributed by atoms with E-state index in [-0.39, 0.29) is 37.5 Å². The summed E-state index contributed by atoms with van der Waals surface area (Å²) in [4.78, 5) is 19.3. The molecule has 0 bridgehead atoms. The van der Waals surface area contributed by atoms with Crippen molar-refractivity contribution in [2.75, 3.05) is 35.8 Å². The van der Waals surface area contributed by atoms with E-state index < -0.39 is 0 Å². The van der Waals surface area contributed by atoms with E-state index in [9.17, 15) is 4.79 Å². The van der Waals surface area contributed by atoms with Crippen LogP contribution >= 0.6 is 24.8 Å². The molecule has 1 fully saturated rings. The molecule has 0 atom stereocenters. The number of amides is 1. The van der Waals surface area contributed by atoms with Crippen molar-refractivity contribution < 1.29 is 14.3 Å². The predicted molar refractivity (Wildman–Crippen MR) is 114 cm³/mol. The van der Waals surface area contributed by atoms with Crippen LogP contribution in [0.1, 0.15) is 36.0 Å². The molecule has 1 amide bonds. The van der Waals surface area contributed by atoms with Crippen LogP contribution in [0.25, 0.3) is 0 Å². The lowest BCUT2D eigenvalue weighted by atomic mass is 10.2. The van der Waals surface area contributed by atoms with E-state index in [1.807, 2.05) is 6.07 Å². The number of pyridine rings is 1. The summed E-state index contributed by atoms with van der Waals surface area (Å²) < 4.78 is 10.6. The van der Waals surface area contributed by atoms with Gasteiger partial charge in [-0.1, -0.05) is 12.8 Å². The lowest BCUT2D eigenvalue weighted by Crippen LogP contribution is -2.25. The zero-order chi connectivity index (χ0) is 17.9. The van der Waals surface area contributed by atoms with Gasteiger partial charge in [-0.25, -0.2) is 4.98 Å². The third kappa shape index (κ3) is 4.72. The molecule has 0 aliphatic carbocycles. The number of fused-ring (bicyclic) bond motifs is 1. The number of rotatable bonds is 3. The number of carbonyl (C=O) groups excluding carboxylic acids is 1. The molecular weight excluding hydrogens is 403 g/mol. The molecule has 0 radical (unpaired) electrons. The fourth-order valence-corrected chi connectivity index (χ4v) is 3.27. The number of ether oxygens (including phenoxy) is 2. The quantitative estimate of drug-likeness (QED) is 0.723. The maximum Gasteiger partial charge on any atom is 0.257 e. The van der Waals surface area contributed by atoms with Crippen LogP contribution in [0.2, 0.25) is 0 Å². The minimum Gasteiger partial charge on any atom is -0.454 e. The van der Waals surface area contributed by atoms with Crippen LogP contribution in [0.15, 0.2) is 30.5 Å². The summed E-state index contributed by atoms with van der Waals surface area (Å²) in [6.07, 6.45) is 6.53. The largest absolute Gasteiger partial charge is 0.454 e. The molecule has 9 heteroatoms. The zero-order valence-corrected chi connectivity index (χ0v) is 17.0. The van der Waals surface area contributed by atoms with Crippen molar-refractivity contribution in [3.63, 3.8) is 0 Å². The first-order valence-electron chi connectivity index (χ1n) is 8.92. The van der Waals surface area contributed by atoms with Crippen molar-refractivity contribution in [3.8, 4) is 11.5 Å². The summed E-state index contributed by atoms with van der Waals surface area (Å²) in [6, 6.07) is 7.03. The summed E-state index contributed by atoms with van der Waals surface area (Å²) in [6.45, 7) is 2.20. The fourth-order valence-electron chi connectivity index (χ4n) is 3.27. The van der Waals surface area contributed by atoms with Crippen LogP contribution in [0.5, 0.6) is 11.5 Å². The number of hydrogen-bond donors (Lipinski definition) is 2. The molecule has 3 N–H and O–H groups in total. The monoisotopic (exact) mass is 426 g/mol. The Morgan fingerprint density at radius 3 is 2.36 bits per heavy atom. The molecule has 1 saturated heterocycles. The standard InChI is InChI=1S/C19H22N4O3.2ClH/c20-14-9-16-17(26-12-25-16)10-15(14)22-19(24)13-5-6-18(21-11-13)23-7-3-1-2-4-8-23;;/h5-6,9-11H,1-4,7-8,12,20H2,(H,22,24);2*1H. The molecular formula is C19H24Cl2N4O3. The van der Waals surface area contributed by atoms with E-state index in [0.717, 1.165) is 18.9 Å². The highest BCUT2D eigenvalue weighted by atomic mass is 35.5. The van der Waals surface area contributed by atoms with Gasteiger partial charge >= 0.3 is 0 Å². The van der Waals surface area contributed by atoms with E-state index in [1.165, 1.54) is 25.7 Å². The Kier molecular flexibility index (Phi) is 7.60. The topological polar surface area (TPSA) is 89.7 Å². The average Bonchev–Trinajstić information content (AvgIpc) is 2.93. The van der Waals surface area contributed by atoms with E-state index in [4.69, 9.17) is 15.2 Å². The van der Waals surface area contributed by atoms with Crippen LogP contribution in [0.3, 0.4) is 0 Å². The lowest BCUT2D eigenvalue weighted by Gasteiger charge is -2.21. The second kappa shape index (κ2) is 9.71. The van der Waals surface area contributed by atoms with Gasteiger partial charge in [-0.3, -0.25) is 4.79 Å². The molecule has 4 rings (SSSR count). The van der Waals surface area contributed by atoms with Gasteiger partial charge in [0.15, 0.2) is 11.5 Å². The highest BCUT2D eigenvalue weighted by Gasteiger charge is 2.18. The van der Waals surface area contributed by atoms with Crippen molar-refractivity contribution in [1.82, 2.24) is 4.98 Å². The van der Waals surface area contributed by atoms with Gasteiger partial charge in [0.05, 0.1) is 16.9 Å². The van der Waals surface area contributed by atoms with Crippen molar-refractivity contribution in [3.05, 3.63) is 36.0 Å². The highest BCUT2D eigenvalue weighted by Crippen LogP contribution is 2.38. The number of carbonyl (C=O) groups is 1. The molecule has 2 aliphatic heterocycles. The number of nitrogens with one attached hydrogen (secondary N) is 1. The maximum atomic E-state index is 12.5. The molecule has 1 aromatic heterocycles. The Morgan fingerprint density at radius 1 is 1.04 bits per heavy atom. The van der Waals surface area contributed by atoms with Crippen molar-refractivity contribution in [2.45, 2.75) is 25.7 Å². The number of nitrogens with zero attached hydrogens (tertiary/aromatic N) is 2. The second-order valence-electron chi connectivity index (χ2n) is 6.55. The predicted octanol–water partition coefficient (Wildman–Crippen LogP) is 3.87. The molecule has 3 heterocycles. The molecule has 2 aliphatic rings. The minimum absolute atomic E-state index is 0. The number of anilines is 3. The summed E-state index contributed by atoms with van der Waals surface area (Å²) in [5, 5.41) is 2.81. The van der Waals surface area contributed by atoms with E-state index in [2.05, 4.69) is 15.2 Å². The van der Waals surface area contributed by atoms with Crippen LogP contribution in [0, 0.1) is 0 Å². The number of hydrogen-bond acceptors (Lipinski definition) is 6. The third-order valence-electron chi connectivity index (χ3n) is 4.73. The molecule has 0 unspecified atom stereocenters. The van der Waals surface area contributed by atoms with Crippen LogP contribution in [-0.2, 0) is 0 Å². The van der Waals surface area contributed by atoms with Crippen LogP contribution < -0.4 is 25.4 Å². The first-order valence-corrected chi connectivity index (χ1v) is 8.92. The third-order valence-corrected chi connectivity index (χ3v) is 4.73. The van der Waals surface area contributed by atoms with E-state index in [1.54, 1.807) is 24.4 Å². The molecule has 0 saturated carbocycles. The summed E-state index contributed by atoms with van der Waals surface area (Å²) in [5.74, 6) is 1.82. The van der Waals surface area contributed by atoms with Gasteiger partial charge in [0.1, 0.15) is 5.82 Å². The van der Waals surface area contributed by atoms with Crippen LogP contribution in [0.4, 0.5) is 17.2 Å². The van der Waals surface area contributed by atoms with E-state index in [0.29, 0.717) is 28.4 Å². The van der Waals surface area contributed by atoms with Crippen molar-refractivity contribution in [1.29, 1.82) is 0 Å². The van der Waals surface area contributed by atoms with E-state index >= 15 is 0 Å². The average molecular weight is 427 g/mol. The number of nitrogen functional groups attached to an aromatic ring is 1. The Balaban J connectivity index is 0.00000140. The summed E-state index contributed by atoms with van der Waals surface area (Å²) >= 11 is 0. The number of aromatic nitrogens is 1. The van der Waals surface area contributed by atoms with Gasteiger partial charge in [0, 0.05) is 31.4 Å².